The molecule has 148 valence electrons. The first kappa shape index (κ1) is 19.5. The average Bonchev–Trinajstić information content (AvgIpc) is 2.83. The van der Waals surface area contributed by atoms with Crippen LogP contribution < -0.4 is 4.74 Å². The van der Waals surface area contributed by atoms with Crippen LogP contribution >= 0.6 is 0 Å². The quantitative estimate of drug-likeness (QED) is 0.745. The van der Waals surface area contributed by atoms with Gasteiger partial charge in [-0.2, -0.15) is 0 Å². The van der Waals surface area contributed by atoms with E-state index >= 15 is 0 Å². The fraction of sp³-hybridized carbons (Fsp3) is 0.619. The van der Waals surface area contributed by atoms with Gasteiger partial charge in [-0.05, 0) is 64.3 Å². The van der Waals surface area contributed by atoms with Gasteiger partial charge < -0.3 is 19.1 Å². The van der Waals surface area contributed by atoms with Gasteiger partial charge in [0.15, 0.2) is 0 Å². The fourth-order valence-electron chi connectivity index (χ4n) is 4.08. The minimum Gasteiger partial charge on any atom is -0.490 e. The summed E-state index contributed by atoms with van der Waals surface area (Å²) in [5, 5.41) is 0. The van der Waals surface area contributed by atoms with Crippen molar-refractivity contribution in [2.45, 2.75) is 77.2 Å². The van der Waals surface area contributed by atoms with E-state index in [2.05, 4.69) is 0 Å². The van der Waals surface area contributed by atoms with E-state index in [9.17, 15) is 9.59 Å². The Kier molecular flexibility index (Phi) is 5.36. The first-order valence-corrected chi connectivity index (χ1v) is 9.54. The molecule has 6 nitrogen and oxygen atoms in total. The maximum absolute atomic E-state index is 12.5. The van der Waals surface area contributed by atoms with E-state index in [1.807, 2.05) is 38.7 Å². The second kappa shape index (κ2) is 7.41. The van der Waals surface area contributed by atoms with Crippen molar-refractivity contribution in [3.8, 4) is 5.75 Å². The monoisotopic (exact) mass is 375 g/mol. The second-order valence-electron chi connectivity index (χ2n) is 8.51. The number of esters is 1. The third-order valence-corrected chi connectivity index (χ3v) is 5.07. The van der Waals surface area contributed by atoms with E-state index in [0.717, 1.165) is 31.2 Å². The van der Waals surface area contributed by atoms with E-state index in [4.69, 9.17) is 14.2 Å². The van der Waals surface area contributed by atoms with Crippen LogP contribution in [0.2, 0.25) is 0 Å². The number of hydrogen-bond donors (Lipinski definition) is 0. The van der Waals surface area contributed by atoms with Crippen molar-refractivity contribution in [2.24, 2.45) is 0 Å². The number of rotatable bonds is 3. The highest BCUT2D eigenvalue weighted by Gasteiger charge is 2.45. The molecule has 2 aliphatic heterocycles. The largest absolute Gasteiger partial charge is 0.490 e. The standard InChI is InChI=1S/C21H29NO5/c1-13-8-14(19(23)25-5)10-17(9-13)26-18-11-15-6-7-16(12-18)22(15)20(24)27-21(2,3)4/h8-10,15-16,18H,6-7,11-12H2,1-5H3/t15-,16+,18+. The molecule has 0 N–H and O–H groups in total. The molecular formula is C21H29NO5. The third-order valence-electron chi connectivity index (χ3n) is 5.07. The molecule has 1 aromatic rings. The number of methoxy groups -OCH3 is 1. The first-order valence-electron chi connectivity index (χ1n) is 9.54. The van der Waals surface area contributed by atoms with Crippen molar-refractivity contribution in [1.82, 2.24) is 4.90 Å². The Morgan fingerprint density at radius 2 is 1.70 bits per heavy atom. The Balaban J connectivity index is 1.68. The number of carbonyl (C=O) groups excluding carboxylic acids is 2. The van der Waals surface area contributed by atoms with Gasteiger partial charge in [0.2, 0.25) is 0 Å². The highest BCUT2D eigenvalue weighted by Crippen LogP contribution is 2.38. The van der Waals surface area contributed by atoms with Crippen LogP contribution in [0.15, 0.2) is 18.2 Å². The van der Waals surface area contributed by atoms with Gasteiger partial charge in [-0.1, -0.05) is 0 Å². The SMILES string of the molecule is COC(=O)c1cc(C)cc(O[C@H]2C[C@H]3CC[C@@H](C2)N3C(=O)OC(C)(C)C)c1. The van der Waals surface area contributed by atoms with Crippen LogP contribution in [0.5, 0.6) is 5.75 Å². The summed E-state index contributed by atoms with van der Waals surface area (Å²) in [5.74, 6) is 0.300. The molecule has 2 saturated heterocycles. The second-order valence-corrected chi connectivity index (χ2v) is 8.51. The molecule has 3 atom stereocenters. The zero-order valence-electron chi connectivity index (χ0n) is 16.8. The summed E-state index contributed by atoms with van der Waals surface area (Å²) in [6.45, 7) is 7.59. The normalized spacial score (nSPS) is 24.5. The predicted octanol–water partition coefficient (Wildman–Crippen LogP) is 4.09. The highest BCUT2D eigenvalue weighted by molar-refractivity contribution is 5.90. The third kappa shape index (κ3) is 4.54. The molecule has 0 unspecified atom stereocenters. The summed E-state index contributed by atoms with van der Waals surface area (Å²) in [5.41, 5.74) is 0.944. The fourth-order valence-corrected chi connectivity index (χ4v) is 4.08. The van der Waals surface area contributed by atoms with E-state index in [0.29, 0.717) is 11.3 Å². The summed E-state index contributed by atoms with van der Waals surface area (Å²) < 4.78 is 16.6. The summed E-state index contributed by atoms with van der Waals surface area (Å²) in [4.78, 5) is 26.3. The van der Waals surface area contributed by atoms with Crippen molar-refractivity contribution in [1.29, 1.82) is 0 Å². The van der Waals surface area contributed by atoms with E-state index < -0.39 is 5.60 Å². The zero-order chi connectivity index (χ0) is 19.8. The van der Waals surface area contributed by atoms with Gasteiger partial charge in [0, 0.05) is 24.9 Å². The number of aryl methyl sites for hydroxylation is 1. The van der Waals surface area contributed by atoms with Gasteiger partial charge in [-0.25, -0.2) is 9.59 Å². The Hall–Kier alpha value is -2.24. The summed E-state index contributed by atoms with van der Waals surface area (Å²) in [6, 6.07) is 5.73. The molecule has 0 aliphatic carbocycles. The van der Waals surface area contributed by atoms with Gasteiger partial charge in [0.05, 0.1) is 12.7 Å². The minimum absolute atomic E-state index is 0.0217. The summed E-state index contributed by atoms with van der Waals surface area (Å²) >= 11 is 0. The van der Waals surface area contributed by atoms with Crippen LogP contribution in [0.25, 0.3) is 0 Å². The Morgan fingerprint density at radius 1 is 1.07 bits per heavy atom. The van der Waals surface area contributed by atoms with Crippen LogP contribution in [-0.2, 0) is 9.47 Å². The number of fused-ring (bicyclic) bond motifs is 2. The lowest BCUT2D eigenvalue weighted by Gasteiger charge is -2.39. The van der Waals surface area contributed by atoms with Crippen molar-refractivity contribution in [2.75, 3.05) is 7.11 Å². The zero-order valence-corrected chi connectivity index (χ0v) is 16.8. The summed E-state index contributed by atoms with van der Waals surface area (Å²) in [6.07, 6.45) is 3.30. The number of amides is 1. The lowest BCUT2D eigenvalue weighted by atomic mass is 10.00. The van der Waals surface area contributed by atoms with Gasteiger partial charge in [-0.3, -0.25) is 0 Å². The van der Waals surface area contributed by atoms with Gasteiger partial charge in [0.1, 0.15) is 17.5 Å². The van der Waals surface area contributed by atoms with Gasteiger partial charge in [-0.15, -0.1) is 0 Å². The van der Waals surface area contributed by atoms with Crippen LogP contribution in [-0.4, -0.2) is 47.9 Å². The van der Waals surface area contributed by atoms with Gasteiger partial charge in [0.25, 0.3) is 0 Å². The Labute approximate surface area is 160 Å². The molecule has 6 heteroatoms. The molecule has 0 aromatic heterocycles. The van der Waals surface area contributed by atoms with Gasteiger partial charge >= 0.3 is 12.1 Å². The average molecular weight is 375 g/mol. The Morgan fingerprint density at radius 3 is 2.26 bits per heavy atom. The maximum Gasteiger partial charge on any atom is 0.410 e. The number of piperidine rings is 1. The molecule has 0 saturated carbocycles. The van der Waals surface area contributed by atoms with Crippen molar-refractivity contribution >= 4 is 12.1 Å². The number of hydrogen-bond acceptors (Lipinski definition) is 5. The summed E-state index contributed by atoms with van der Waals surface area (Å²) in [7, 11) is 1.37. The molecule has 2 bridgehead atoms. The molecule has 1 aromatic carbocycles. The molecule has 0 radical (unpaired) electrons. The number of ether oxygens (including phenoxy) is 3. The molecular weight excluding hydrogens is 346 g/mol. The van der Waals surface area contributed by atoms with Crippen molar-refractivity contribution in [3.63, 3.8) is 0 Å². The van der Waals surface area contributed by atoms with E-state index in [1.165, 1.54) is 7.11 Å². The predicted molar refractivity (Wildman–Crippen MR) is 101 cm³/mol. The Bertz CT molecular complexity index is 710. The molecule has 1 amide bonds. The molecule has 3 rings (SSSR count). The van der Waals surface area contributed by atoms with Crippen LogP contribution in [0.3, 0.4) is 0 Å². The number of benzene rings is 1. The molecule has 2 heterocycles. The van der Waals surface area contributed by atoms with Crippen molar-refractivity contribution in [3.05, 3.63) is 29.3 Å². The van der Waals surface area contributed by atoms with Crippen LogP contribution in [0.1, 0.15) is 62.4 Å². The maximum atomic E-state index is 12.5. The van der Waals surface area contributed by atoms with Crippen LogP contribution in [0.4, 0.5) is 4.79 Å². The molecule has 2 aliphatic rings. The number of carbonyl (C=O) groups is 2. The molecule has 2 fully saturated rings. The smallest absolute Gasteiger partial charge is 0.410 e. The van der Waals surface area contributed by atoms with Crippen LogP contribution in [0, 0.1) is 6.92 Å². The van der Waals surface area contributed by atoms with E-state index in [-0.39, 0.29) is 30.3 Å². The first-order chi connectivity index (χ1) is 12.7. The molecule has 27 heavy (non-hydrogen) atoms. The highest BCUT2D eigenvalue weighted by atomic mass is 16.6. The topological polar surface area (TPSA) is 65.1 Å². The van der Waals surface area contributed by atoms with E-state index in [1.54, 1.807) is 12.1 Å². The lowest BCUT2D eigenvalue weighted by Crippen LogP contribution is -2.50. The lowest BCUT2D eigenvalue weighted by molar-refractivity contribution is -0.00713. The number of nitrogens with zero attached hydrogens (tertiary/aromatic N) is 1. The minimum atomic E-state index is -0.490. The van der Waals surface area contributed by atoms with Crippen molar-refractivity contribution < 1.29 is 23.8 Å². The molecule has 0 spiro atoms.